The fourth-order valence-corrected chi connectivity index (χ4v) is 3.38. The van der Waals surface area contributed by atoms with Crippen LogP contribution in [-0.2, 0) is 9.53 Å². The minimum absolute atomic E-state index is 0.0739. The predicted molar refractivity (Wildman–Crippen MR) is 72.4 cm³/mol. The molecule has 0 bridgehead atoms. The number of hydrogen-bond acceptors (Lipinski definition) is 4. The number of carbonyl (C=O) groups is 2. The molecular weight excluding hydrogens is 268 g/mol. The third-order valence-electron chi connectivity index (χ3n) is 3.49. The highest BCUT2D eigenvalue weighted by atomic mass is 32.2. The molecule has 19 heavy (non-hydrogen) atoms. The summed E-state index contributed by atoms with van der Waals surface area (Å²) >= 11 is 1.86. The zero-order valence-electron chi connectivity index (χ0n) is 11.0. The summed E-state index contributed by atoms with van der Waals surface area (Å²) in [7, 11) is 0. The van der Waals surface area contributed by atoms with Crippen LogP contribution in [0, 0.1) is 0 Å². The Hall–Kier alpha value is -0.950. The van der Waals surface area contributed by atoms with Gasteiger partial charge in [-0.2, -0.15) is 11.8 Å². The molecule has 3 atom stereocenters. The number of carboxylic acids is 1. The maximum Gasteiger partial charge on any atom is 0.332 e. The summed E-state index contributed by atoms with van der Waals surface area (Å²) in [6.45, 7) is 3.19. The van der Waals surface area contributed by atoms with Crippen LogP contribution in [-0.4, -0.2) is 64.9 Å². The van der Waals surface area contributed by atoms with Crippen LogP contribution in [0.1, 0.15) is 19.8 Å². The van der Waals surface area contributed by atoms with E-state index in [9.17, 15) is 9.59 Å². The van der Waals surface area contributed by atoms with E-state index in [0.717, 1.165) is 18.1 Å². The lowest BCUT2D eigenvalue weighted by molar-refractivity contribution is -0.149. The molecule has 2 aliphatic rings. The lowest BCUT2D eigenvalue weighted by Gasteiger charge is -2.33. The average molecular weight is 288 g/mol. The van der Waals surface area contributed by atoms with Gasteiger partial charge in [-0.25, -0.2) is 9.59 Å². The van der Waals surface area contributed by atoms with Crippen molar-refractivity contribution in [2.75, 3.05) is 24.6 Å². The predicted octanol–water partition coefficient (Wildman–Crippen LogP) is 0.765. The first kappa shape index (κ1) is 14.5. The van der Waals surface area contributed by atoms with Crippen molar-refractivity contribution in [2.24, 2.45) is 0 Å². The Balaban J connectivity index is 1.73. The second kappa shape index (κ2) is 6.47. The highest BCUT2D eigenvalue weighted by molar-refractivity contribution is 7.99. The molecule has 2 rings (SSSR count). The van der Waals surface area contributed by atoms with Gasteiger partial charge < -0.3 is 20.1 Å². The van der Waals surface area contributed by atoms with Crippen LogP contribution in [0.3, 0.4) is 0 Å². The van der Waals surface area contributed by atoms with E-state index in [2.05, 4.69) is 5.32 Å². The van der Waals surface area contributed by atoms with Gasteiger partial charge in [-0.05, 0) is 19.8 Å². The number of rotatable bonds is 3. The van der Waals surface area contributed by atoms with Gasteiger partial charge in [0.1, 0.15) is 0 Å². The van der Waals surface area contributed by atoms with Crippen molar-refractivity contribution < 1.29 is 19.4 Å². The van der Waals surface area contributed by atoms with Crippen molar-refractivity contribution in [2.45, 2.75) is 38.0 Å². The summed E-state index contributed by atoms with van der Waals surface area (Å²) in [5.74, 6) is 1.02. The number of nitrogens with one attached hydrogen (secondary N) is 1. The average Bonchev–Trinajstić information content (AvgIpc) is 2.85. The molecule has 0 radical (unpaired) electrons. The van der Waals surface area contributed by atoms with E-state index >= 15 is 0 Å². The number of urea groups is 1. The van der Waals surface area contributed by atoms with Crippen LogP contribution in [0.5, 0.6) is 0 Å². The van der Waals surface area contributed by atoms with Crippen LogP contribution in [0.2, 0.25) is 0 Å². The number of hydrogen-bond donors (Lipinski definition) is 2. The normalized spacial score (nSPS) is 31.2. The number of nitrogens with zero attached hydrogens (tertiary/aromatic N) is 1. The van der Waals surface area contributed by atoms with Crippen molar-refractivity contribution in [3.63, 3.8) is 0 Å². The summed E-state index contributed by atoms with van der Waals surface area (Å²) < 4.78 is 5.35. The third kappa shape index (κ3) is 3.76. The molecular formula is C12H20N2O4S. The molecule has 0 aliphatic carbocycles. The molecule has 2 amide bonds. The Bertz CT molecular complexity index is 353. The molecule has 2 fully saturated rings. The van der Waals surface area contributed by atoms with E-state index in [1.807, 2.05) is 23.6 Å². The van der Waals surface area contributed by atoms with Crippen molar-refractivity contribution in [3.8, 4) is 0 Å². The highest BCUT2D eigenvalue weighted by Gasteiger charge is 2.31. The van der Waals surface area contributed by atoms with Gasteiger partial charge in [0.2, 0.25) is 0 Å². The van der Waals surface area contributed by atoms with E-state index in [4.69, 9.17) is 9.84 Å². The van der Waals surface area contributed by atoms with Gasteiger partial charge in [-0.3, -0.25) is 0 Å². The SMILES string of the molecule is CC1CSCCN1C(=O)NCC1CCC(C(=O)O)O1. The van der Waals surface area contributed by atoms with E-state index in [1.165, 1.54) is 0 Å². The Morgan fingerprint density at radius 3 is 2.89 bits per heavy atom. The second-order valence-electron chi connectivity index (χ2n) is 4.97. The molecule has 2 saturated heterocycles. The Morgan fingerprint density at radius 2 is 2.26 bits per heavy atom. The fraction of sp³-hybridized carbons (Fsp3) is 0.833. The van der Waals surface area contributed by atoms with E-state index in [-0.39, 0.29) is 18.2 Å². The largest absolute Gasteiger partial charge is 0.479 e. The summed E-state index contributed by atoms with van der Waals surface area (Å²) in [4.78, 5) is 24.6. The minimum Gasteiger partial charge on any atom is -0.479 e. The first-order valence-electron chi connectivity index (χ1n) is 6.58. The number of carboxylic acid groups (broad SMARTS) is 1. The quantitative estimate of drug-likeness (QED) is 0.802. The highest BCUT2D eigenvalue weighted by Crippen LogP contribution is 2.20. The molecule has 0 aromatic heterocycles. The Labute approximate surface area is 116 Å². The van der Waals surface area contributed by atoms with Crippen molar-refractivity contribution in [1.82, 2.24) is 10.2 Å². The van der Waals surface area contributed by atoms with Gasteiger partial charge >= 0.3 is 12.0 Å². The molecule has 2 aliphatic heterocycles. The van der Waals surface area contributed by atoms with E-state index in [1.54, 1.807) is 0 Å². The van der Waals surface area contributed by atoms with E-state index in [0.29, 0.717) is 19.4 Å². The summed E-state index contributed by atoms with van der Waals surface area (Å²) in [5.41, 5.74) is 0. The zero-order valence-corrected chi connectivity index (χ0v) is 11.8. The van der Waals surface area contributed by atoms with Gasteiger partial charge in [-0.1, -0.05) is 0 Å². The molecule has 2 heterocycles. The number of carbonyl (C=O) groups excluding carboxylic acids is 1. The Morgan fingerprint density at radius 1 is 1.47 bits per heavy atom. The summed E-state index contributed by atoms with van der Waals surface area (Å²) in [6, 6.07) is 0.171. The van der Waals surface area contributed by atoms with Crippen molar-refractivity contribution in [1.29, 1.82) is 0 Å². The Kier molecular flexibility index (Phi) is 4.93. The summed E-state index contributed by atoms with van der Waals surface area (Å²) in [6.07, 6.45) is 0.307. The maximum absolute atomic E-state index is 12.0. The van der Waals surface area contributed by atoms with E-state index < -0.39 is 12.1 Å². The number of amides is 2. The van der Waals surface area contributed by atoms with Gasteiger partial charge in [0.25, 0.3) is 0 Å². The molecule has 0 aromatic rings. The van der Waals surface area contributed by atoms with Crippen LogP contribution in [0.15, 0.2) is 0 Å². The molecule has 0 aromatic carbocycles. The number of aliphatic carboxylic acids is 1. The third-order valence-corrected chi connectivity index (χ3v) is 4.68. The van der Waals surface area contributed by atoms with Crippen LogP contribution >= 0.6 is 11.8 Å². The number of ether oxygens (including phenoxy) is 1. The fourth-order valence-electron chi connectivity index (χ4n) is 2.37. The van der Waals surface area contributed by atoms with Gasteiger partial charge in [0.15, 0.2) is 6.10 Å². The first-order chi connectivity index (χ1) is 9.08. The van der Waals surface area contributed by atoms with Gasteiger partial charge in [-0.15, -0.1) is 0 Å². The van der Waals surface area contributed by atoms with Crippen LogP contribution < -0.4 is 5.32 Å². The topological polar surface area (TPSA) is 78.9 Å². The van der Waals surface area contributed by atoms with Crippen LogP contribution in [0.25, 0.3) is 0 Å². The zero-order chi connectivity index (χ0) is 13.8. The van der Waals surface area contributed by atoms with Crippen molar-refractivity contribution >= 4 is 23.8 Å². The number of thioether (sulfide) groups is 1. The van der Waals surface area contributed by atoms with Crippen molar-refractivity contribution in [3.05, 3.63) is 0 Å². The van der Waals surface area contributed by atoms with Crippen LogP contribution in [0.4, 0.5) is 4.79 Å². The molecule has 6 nitrogen and oxygen atoms in total. The lowest BCUT2D eigenvalue weighted by atomic mass is 10.2. The minimum atomic E-state index is -0.921. The van der Waals surface area contributed by atoms with Gasteiger partial charge in [0, 0.05) is 30.6 Å². The first-order valence-corrected chi connectivity index (χ1v) is 7.74. The molecule has 0 spiro atoms. The second-order valence-corrected chi connectivity index (χ2v) is 6.12. The monoisotopic (exact) mass is 288 g/mol. The molecule has 3 unspecified atom stereocenters. The molecule has 0 saturated carbocycles. The molecule has 2 N–H and O–H groups in total. The molecule has 108 valence electrons. The standard InChI is InChI=1S/C12H20N2O4S/c1-8-7-19-5-4-14(8)12(17)13-6-9-2-3-10(18-9)11(15)16/h8-10H,2-7H2,1H3,(H,13,17)(H,15,16). The van der Waals surface area contributed by atoms with Gasteiger partial charge in [0.05, 0.1) is 6.10 Å². The smallest absolute Gasteiger partial charge is 0.332 e. The molecule has 7 heteroatoms. The summed E-state index contributed by atoms with van der Waals surface area (Å²) in [5, 5.41) is 11.7. The lowest BCUT2D eigenvalue weighted by Crippen LogP contribution is -2.50. The maximum atomic E-state index is 12.0.